The molecule has 1 aliphatic rings. The molecule has 1 saturated heterocycles. The maximum absolute atomic E-state index is 12.2. The van der Waals surface area contributed by atoms with Crippen LogP contribution in [0.4, 0.5) is 5.69 Å². The quantitative estimate of drug-likeness (QED) is 0.538. The molecule has 0 spiro atoms. The van der Waals surface area contributed by atoms with Gasteiger partial charge < -0.3 is 20.1 Å². The van der Waals surface area contributed by atoms with Crippen LogP contribution in [0.2, 0.25) is 0 Å². The summed E-state index contributed by atoms with van der Waals surface area (Å²) in [5.74, 6) is 0.927. The third-order valence-corrected chi connectivity index (χ3v) is 5.06. The molecule has 3 rings (SSSR count). The maximum Gasteiger partial charge on any atom is 0.240 e. The fourth-order valence-corrected chi connectivity index (χ4v) is 3.40. The highest BCUT2D eigenvalue weighted by atomic mass is 32.2. The molecule has 0 bridgehead atoms. The van der Waals surface area contributed by atoms with Gasteiger partial charge in [0.05, 0.1) is 20.4 Å². The number of amidine groups is 1. The van der Waals surface area contributed by atoms with Gasteiger partial charge in [-0.15, -0.1) is 5.10 Å². The van der Waals surface area contributed by atoms with E-state index in [-0.39, 0.29) is 18.2 Å². The number of rotatable bonds is 7. The monoisotopic (exact) mass is 412 g/mol. The Hall–Kier alpha value is -3.33. The summed E-state index contributed by atoms with van der Waals surface area (Å²) >= 11 is 1.18. The standard InChI is InChI=1S/C20H20N4O4S/c1-27-15-7-3-13(4-8-15)12-21-24-20-23-19(26)17(29-20)11-18(25)22-14-5-9-16(28-2)10-6-14/h3-10,12,17H,11H2,1-2H3,(H,22,25)(H,23,24,26)/b21-12-/t17-/m1/s1. The predicted octanol–water partition coefficient (Wildman–Crippen LogP) is 2.65. The van der Waals surface area contributed by atoms with Crippen LogP contribution < -0.4 is 20.1 Å². The zero-order valence-corrected chi connectivity index (χ0v) is 16.7. The highest BCUT2D eigenvalue weighted by Gasteiger charge is 2.32. The fourth-order valence-electron chi connectivity index (χ4n) is 2.48. The van der Waals surface area contributed by atoms with Crippen molar-refractivity contribution in [1.82, 2.24) is 5.32 Å². The van der Waals surface area contributed by atoms with Crippen molar-refractivity contribution in [2.75, 3.05) is 19.5 Å². The van der Waals surface area contributed by atoms with Crippen molar-refractivity contribution in [3.63, 3.8) is 0 Å². The van der Waals surface area contributed by atoms with Gasteiger partial charge in [-0.05, 0) is 54.1 Å². The maximum atomic E-state index is 12.2. The van der Waals surface area contributed by atoms with Crippen LogP contribution >= 0.6 is 11.8 Å². The molecule has 1 heterocycles. The molecule has 1 fully saturated rings. The SMILES string of the molecule is COc1ccc(/C=N\N=C2/NC(=O)[C@@H](CC(=O)Nc3ccc(OC)cc3)S2)cc1. The van der Waals surface area contributed by atoms with E-state index in [2.05, 4.69) is 20.8 Å². The average molecular weight is 412 g/mol. The van der Waals surface area contributed by atoms with Crippen LogP contribution in [0.5, 0.6) is 11.5 Å². The first-order chi connectivity index (χ1) is 14.1. The van der Waals surface area contributed by atoms with E-state index in [1.54, 1.807) is 44.7 Å². The van der Waals surface area contributed by atoms with Crippen LogP contribution in [0.15, 0.2) is 58.7 Å². The number of anilines is 1. The van der Waals surface area contributed by atoms with Crippen molar-refractivity contribution in [2.45, 2.75) is 11.7 Å². The first kappa shape index (κ1) is 20.4. The summed E-state index contributed by atoms with van der Waals surface area (Å²) in [6.45, 7) is 0. The number of hydrogen-bond donors (Lipinski definition) is 2. The number of ether oxygens (including phenoxy) is 2. The van der Waals surface area contributed by atoms with Gasteiger partial charge in [-0.3, -0.25) is 9.59 Å². The van der Waals surface area contributed by atoms with Crippen molar-refractivity contribution in [3.8, 4) is 11.5 Å². The molecule has 2 aromatic rings. The number of amides is 2. The molecule has 0 radical (unpaired) electrons. The molecule has 0 aliphatic carbocycles. The second-order valence-corrected chi connectivity index (χ2v) is 7.19. The van der Waals surface area contributed by atoms with Crippen molar-refractivity contribution < 1.29 is 19.1 Å². The van der Waals surface area contributed by atoms with Gasteiger partial charge in [0, 0.05) is 12.1 Å². The van der Waals surface area contributed by atoms with Crippen LogP contribution in [0.1, 0.15) is 12.0 Å². The molecule has 0 saturated carbocycles. The first-order valence-electron chi connectivity index (χ1n) is 8.74. The van der Waals surface area contributed by atoms with Crippen molar-refractivity contribution in [1.29, 1.82) is 0 Å². The number of carbonyl (C=O) groups excluding carboxylic acids is 2. The molecule has 29 heavy (non-hydrogen) atoms. The molecule has 1 aliphatic heterocycles. The highest BCUT2D eigenvalue weighted by molar-refractivity contribution is 8.15. The van der Waals surface area contributed by atoms with Crippen LogP contribution in [-0.4, -0.2) is 42.7 Å². The van der Waals surface area contributed by atoms with Gasteiger partial charge >= 0.3 is 0 Å². The lowest BCUT2D eigenvalue weighted by Gasteiger charge is -2.08. The average Bonchev–Trinajstić information content (AvgIpc) is 3.08. The van der Waals surface area contributed by atoms with Crippen molar-refractivity contribution in [2.24, 2.45) is 10.2 Å². The molecule has 0 aromatic heterocycles. The molecule has 150 valence electrons. The third kappa shape index (κ3) is 5.82. The minimum absolute atomic E-state index is 0.0315. The number of nitrogens with zero attached hydrogens (tertiary/aromatic N) is 2. The Bertz CT molecular complexity index is 927. The van der Waals surface area contributed by atoms with E-state index in [4.69, 9.17) is 9.47 Å². The van der Waals surface area contributed by atoms with Crippen molar-refractivity contribution >= 4 is 40.6 Å². The zero-order chi connectivity index (χ0) is 20.6. The number of methoxy groups -OCH3 is 2. The normalized spacial score (nSPS) is 17.4. The molecule has 1 atom stereocenters. The minimum Gasteiger partial charge on any atom is -0.497 e. The van der Waals surface area contributed by atoms with Gasteiger partial charge in [-0.25, -0.2) is 0 Å². The molecule has 9 heteroatoms. The number of hydrogen-bond acceptors (Lipinski definition) is 7. The molecule has 2 amide bonds. The van der Waals surface area contributed by atoms with Gasteiger partial charge in [0.1, 0.15) is 16.7 Å². The molecular formula is C20H20N4O4S. The first-order valence-corrected chi connectivity index (χ1v) is 9.62. The Labute approximate surface area is 172 Å². The fraction of sp³-hybridized carbons (Fsp3) is 0.200. The van der Waals surface area contributed by atoms with Gasteiger partial charge in [0.25, 0.3) is 0 Å². The summed E-state index contributed by atoms with van der Waals surface area (Å²) in [5.41, 5.74) is 1.48. The Morgan fingerprint density at radius 2 is 1.72 bits per heavy atom. The lowest BCUT2D eigenvalue weighted by molar-refractivity contribution is -0.122. The third-order valence-electron chi connectivity index (χ3n) is 3.99. The second-order valence-electron chi connectivity index (χ2n) is 6.00. The smallest absolute Gasteiger partial charge is 0.240 e. The summed E-state index contributed by atoms with van der Waals surface area (Å²) in [5, 5.41) is 13.2. The molecule has 2 N–H and O–H groups in total. The lowest BCUT2D eigenvalue weighted by Crippen LogP contribution is -2.28. The van der Waals surface area contributed by atoms with Crippen molar-refractivity contribution in [3.05, 3.63) is 54.1 Å². The van der Waals surface area contributed by atoms with E-state index in [9.17, 15) is 9.59 Å². The van der Waals surface area contributed by atoms with E-state index in [0.29, 0.717) is 16.6 Å². The van der Waals surface area contributed by atoms with Gasteiger partial charge in [-0.2, -0.15) is 5.10 Å². The number of thioether (sulfide) groups is 1. The largest absolute Gasteiger partial charge is 0.497 e. The van der Waals surface area contributed by atoms with Gasteiger partial charge in [0.2, 0.25) is 11.8 Å². The second kappa shape index (κ2) is 9.74. The lowest BCUT2D eigenvalue weighted by atomic mass is 10.2. The van der Waals surface area contributed by atoms with E-state index >= 15 is 0 Å². The Balaban J connectivity index is 1.52. The number of nitrogens with one attached hydrogen (secondary N) is 2. The molecule has 8 nitrogen and oxygen atoms in total. The summed E-state index contributed by atoms with van der Waals surface area (Å²) in [6, 6.07) is 14.3. The zero-order valence-electron chi connectivity index (χ0n) is 15.9. The Morgan fingerprint density at radius 1 is 1.10 bits per heavy atom. The Morgan fingerprint density at radius 3 is 2.34 bits per heavy atom. The van der Waals surface area contributed by atoms with Gasteiger partial charge in [0.15, 0.2) is 5.17 Å². The van der Waals surface area contributed by atoms with E-state index in [0.717, 1.165) is 11.3 Å². The summed E-state index contributed by atoms with van der Waals surface area (Å²) in [6.07, 6.45) is 1.60. The molecular weight excluding hydrogens is 392 g/mol. The van der Waals surface area contributed by atoms with E-state index < -0.39 is 5.25 Å². The number of benzene rings is 2. The number of carbonyl (C=O) groups is 2. The predicted molar refractivity (Wildman–Crippen MR) is 114 cm³/mol. The van der Waals surface area contributed by atoms with Crippen LogP contribution in [0.25, 0.3) is 0 Å². The van der Waals surface area contributed by atoms with Crippen LogP contribution in [-0.2, 0) is 9.59 Å². The van der Waals surface area contributed by atoms with Crippen LogP contribution in [0, 0.1) is 0 Å². The highest BCUT2D eigenvalue weighted by Crippen LogP contribution is 2.23. The summed E-state index contributed by atoms with van der Waals surface area (Å²) in [4.78, 5) is 24.3. The van der Waals surface area contributed by atoms with E-state index in [1.165, 1.54) is 11.8 Å². The molecule has 2 aromatic carbocycles. The summed E-state index contributed by atoms with van der Waals surface area (Å²) < 4.78 is 10.2. The molecule has 0 unspecified atom stereocenters. The topological polar surface area (TPSA) is 101 Å². The van der Waals surface area contributed by atoms with Crippen LogP contribution in [0.3, 0.4) is 0 Å². The minimum atomic E-state index is -0.553. The van der Waals surface area contributed by atoms with Gasteiger partial charge in [-0.1, -0.05) is 11.8 Å². The van der Waals surface area contributed by atoms with E-state index in [1.807, 2.05) is 24.3 Å². The Kier molecular flexibility index (Phi) is 6.85. The summed E-state index contributed by atoms with van der Waals surface area (Å²) in [7, 11) is 3.17.